The first-order valence-electron chi connectivity index (χ1n) is 8.03. The molecule has 2 N–H and O–H groups in total. The summed E-state index contributed by atoms with van der Waals surface area (Å²) in [5.41, 5.74) is 2.36. The number of hydrogen-bond donors (Lipinski definition) is 2. The molecule has 4 aromatic rings. The Bertz CT molecular complexity index is 1180. The van der Waals surface area contributed by atoms with Crippen LogP contribution < -0.4 is 16.1 Å². The number of anilines is 1. The van der Waals surface area contributed by atoms with Gasteiger partial charge in [-0.05, 0) is 11.6 Å². The Labute approximate surface area is 147 Å². The number of aromatic nitrogens is 5. The van der Waals surface area contributed by atoms with E-state index in [1.807, 2.05) is 42.3 Å². The quantitative estimate of drug-likeness (QED) is 0.581. The first kappa shape index (κ1) is 15.8. The van der Waals surface area contributed by atoms with Crippen LogP contribution in [0.5, 0.6) is 0 Å². The topological polar surface area (TPSA) is 99.2 Å². The van der Waals surface area contributed by atoms with Crippen LogP contribution in [0.25, 0.3) is 16.9 Å². The molecule has 0 bridgehead atoms. The van der Waals surface area contributed by atoms with Crippen LogP contribution in [0.4, 0.5) is 5.69 Å². The fourth-order valence-electron chi connectivity index (χ4n) is 2.86. The summed E-state index contributed by atoms with van der Waals surface area (Å²) >= 11 is 0. The summed E-state index contributed by atoms with van der Waals surface area (Å²) in [5.74, 6) is 0. The van der Waals surface area contributed by atoms with Gasteiger partial charge in [-0.3, -0.25) is 9.78 Å². The van der Waals surface area contributed by atoms with Gasteiger partial charge in [0.1, 0.15) is 5.69 Å². The van der Waals surface area contributed by atoms with Crippen LogP contribution >= 0.6 is 0 Å². The number of benzene rings is 1. The van der Waals surface area contributed by atoms with Crippen molar-refractivity contribution in [3.8, 4) is 11.3 Å². The Morgan fingerprint density at radius 1 is 1.19 bits per heavy atom. The first-order valence-corrected chi connectivity index (χ1v) is 8.03. The summed E-state index contributed by atoms with van der Waals surface area (Å²) in [6, 6.07) is 11.9. The third-order valence-corrected chi connectivity index (χ3v) is 4.11. The smallest absolute Gasteiger partial charge is 0.325 e. The summed E-state index contributed by atoms with van der Waals surface area (Å²) in [4.78, 5) is 34.5. The molecule has 8 nitrogen and oxygen atoms in total. The van der Waals surface area contributed by atoms with Crippen molar-refractivity contribution in [3.05, 3.63) is 81.4 Å². The monoisotopic (exact) mass is 348 g/mol. The molecule has 0 saturated heterocycles. The summed E-state index contributed by atoms with van der Waals surface area (Å²) in [6.45, 7) is 0.675. The van der Waals surface area contributed by atoms with E-state index in [0.717, 1.165) is 11.3 Å². The van der Waals surface area contributed by atoms with E-state index in [9.17, 15) is 9.59 Å². The highest BCUT2D eigenvalue weighted by atomic mass is 16.2. The van der Waals surface area contributed by atoms with Crippen LogP contribution in [0, 0.1) is 0 Å². The molecule has 130 valence electrons. The molecule has 3 aromatic heterocycles. The number of nitrogens with zero attached hydrogens (tertiary/aromatic N) is 4. The molecule has 3 heterocycles. The van der Waals surface area contributed by atoms with E-state index in [1.165, 1.54) is 6.20 Å². The zero-order valence-corrected chi connectivity index (χ0v) is 14.0. The lowest BCUT2D eigenvalue weighted by Crippen LogP contribution is -2.23. The molecule has 0 amide bonds. The van der Waals surface area contributed by atoms with E-state index < -0.39 is 11.2 Å². The molecule has 0 fully saturated rings. The third kappa shape index (κ3) is 2.88. The lowest BCUT2D eigenvalue weighted by atomic mass is 10.2. The van der Waals surface area contributed by atoms with Gasteiger partial charge in [0.2, 0.25) is 0 Å². The maximum Gasteiger partial charge on any atom is 0.325 e. The van der Waals surface area contributed by atoms with Crippen molar-refractivity contribution >= 4 is 11.3 Å². The molecular formula is C18H16N6O2. The van der Waals surface area contributed by atoms with Crippen molar-refractivity contribution in [2.45, 2.75) is 6.54 Å². The molecule has 0 radical (unpaired) electrons. The lowest BCUT2D eigenvalue weighted by Gasteiger charge is -2.20. The molecule has 0 aliphatic rings. The SMILES string of the molecule is CN(Cc1ccccc1)c1cc(-c2c[nH]c(=O)[nH]c2=O)nn2ccnc12. The second kappa shape index (κ2) is 6.32. The third-order valence-electron chi connectivity index (χ3n) is 4.11. The van der Waals surface area contributed by atoms with Gasteiger partial charge in [0.05, 0.1) is 11.3 Å². The fraction of sp³-hybridized carbons (Fsp3) is 0.111. The highest BCUT2D eigenvalue weighted by Gasteiger charge is 2.14. The van der Waals surface area contributed by atoms with Gasteiger partial charge in [-0.2, -0.15) is 5.10 Å². The van der Waals surface area contributed by atoms with E-state index in [4.69, 9.17) is 0 Å². The zero-order chi connectivity index (χ0) is 18.1. The highest BCUT2D eigenvalue weighted by Crippen LogP contribution is 2.24. The maximum absolute atomic E-state index is 12.1. The van der Waals surface area contributed by atoms with Crippen LogP contribution in [0.2, 0.25) is 0 Å². The molecule has 0 saturated carbocycles. The van der Waals surface area contributed by atoms with Crippen molar-refractivity contribution in [2.75, 3.05) is 11.9 Å². The molecule has 0 aliphatic heterocycles. The second-order valence-corrected chi connectivity index (χ2v) is 5.94. The van der Waals surface area contributed by atoms with Gasteiger partial charge in [-0.15, -0.1) is 0 Å². The summed E-state index contributed by atoms with van der Waals surface area (Å²) < 4.78 is 1.62. The Morgan fingerprint density at radius 3 is 2.77 bits per heavy atom. The minimum atomic E-state index is -0.552. The van der Waals surface area contributed by atoms with Crippen molar-refractivity contribution in [1.29, 1.82) is 0 Å². The molecular weight excluding hydrogens is 332 g/mol. The number of H-pyrrole nitrogens is 2. The molecule has 0 unspecified atom stereocenters. The predicted octanol–water partition coefficient (Wildman–Crippen LogP) is 1.41. The Morgan fingerprint density at radius 2 is 2.00 bits per heavy atom. The summed E-state index contributed by atoms with van der Waals surface area (Å²) in [7, 11) is 1.96. The van der Waals surface area contributed by atoms with Crippen molar-refractivity contribution in [3.63, 3.8) is 0 Å². The number of nitrogens with one attached hydrogen (secondary N) is 2. The van der Waals surface area contributed by atoms with Crippen molar-refractivity contribution < 1.29 is 0 Å². The van der Waals surface area contributed by atoms with E-state index in [-0.39, 0.29) is 5.56 Å². The molecule has 8 heteroatoms. The number of aromatic amines is 2. The van der Waals surface area contributed by atoms with Gasteiger partial charge in [-0.1, -0.05) is 30.3 Å². The van der Waals surface area contributed by atoms with E-state index >= 15 is 0 Å². The first-order chi connectivity index (χ1) is 12.6. The maximum atomic E-state index is 12.1. The number of rotatable bonds is 4. The van der Waals surface area contributed by atoms with Crippen LogP contribution in [0.1, 0.15) is 5.56 Å². The molecule has 0 spiro atoms. The standard InChI is InChI=1S/C18H16N6O2/c1-23(11-12-5-3-2-4-6-12)15-9-14(22-24-8-7-19-16(15)24)13-10-20-18(26)21-17(13)25/h2-10H,11H2,1H3,(H2,20,21,25,26). The lowest BCUT2D eigenvalue weighted by molar-refractivity contribution is 0.888. The molecule has 4 rings (SSSR count). The minimum Gasteiger partial charge on any atom is -0.367 e. The molecule has 1 aromatic carbocycles. The van der Waals surface area contributed by atoms with E-state index in [2.05, 4.69) is 20.1 Å². The molecule has 0 atom stereocenters. The Kier molecular flexibility index (Phi) is 3.85. The van der Waals surface area contributed by atoms with Crippen LogP contribution in [0.3, 0.4) is 0 Å². The van der Waals surface area contributed by atoms with Gasteiger partial charge in [0, 0.05) is 32.2 Å². The van der Waals surface area contributed by atoms with Gasteiger partial charge >= 0.3 is 5.69 Å². The second-order valence-electron chi connectivity index (χ2n) is 5.94. The van der Waals surface area contributed by atoms with Crippen LogP contribution in [-0.4, -0.2) is 31.6 Å². The van der Waals surface area contributed by atoms with Gasteiger partial charge in [-0.25, -0.2) is 14.3 Å². The highest BCUT2D eigenvalue weighted by molar-refractivity contribution is 5.74. The fourth-order valence-corrected chi connectivity index (χ4v) is 2.86. The summed E-state index contributed by atoms with van der Waals surface area (Å²) in [6.07, 6.45) is 4.74. The van der Waals surface area contributed by atoms with E-state index in [0.29, 0.717) is 17.9 Å². The predicted molar refractivity (Wildman–Crippen MR) is 98.2 cm³/mol. The van der Waals surface area contributed by atoms with Gasteiger partial charge in [0.25, 0.3) is 5.56 Å². The van der Waals surface area contributed by atoms with Crippen LogP contribution in [0.15, 0.2) is 64.6 Å². The summed E-state index contributed by atoms with van der Waals surface area (Å²) in [5, 5.41) is 4.43. The average molecular weight is 348 g/mol. The number of fused-ring (bicyclic) bond motifs is 1. The van der Waals surface area contributed by atoms with E-state index in [1.54, 1.807) is 23.0 Å². The molecule has 0 aliphatic carbocycles. The number of hydrogen-bond acceptors (Lipinski definition) is 5. The van der Waals surface area contributed by atoms with Crippen LogP contribution in [-0.2, 0) is 6.54 Å². The molecule has 26 heavy (non-hydrogen) atoms. The normalized spacial score (nSPS) is 11.0. The van der Waals surface area contributed by atoms with Crippen molar-refractivity contribution in [2.24, 2.45) is 0 Å². The largest absolute Gasteiger partial charge is 0.367 e. The Balaban J connectivity index is 1.82. The Hall–Kier alpha value is -3.68. The van der Waals surface area contributed by atoms with Gasteiger partial charge < -0.3 is 9.88 Å². The minimum absolute atomic E-state index is 0.287. The number of imidazole rings is 1. The zero-order valence-electron chi connectivity index (χ0n) is 14.0. The average Bonchev–Trinajstić information content (AvgIpc) is 3.10. The van der Waals surface area contributed by atoms with Gasteiger partial charge in [0.15, 0.2) is 5.65 Å². The van der Waals surface area contributed by atoms with Crippen molar-refractivity contribution in [1.82, 2.24) is 24.6 Å².